The second-order valence-electron chi connectivity index (χ2n) is 9.76. The van der Waals surface area contributed by atoms with E-state index >= 15 is 0 Å². The third kappa shape index (κ3) is 4.46. The number of rotatable bonds is 7. The van der Waals surface area contributed by atoms with Crippen molar-refractivity contribution in [3.63, 3.8) is 0 Å². The van der Waals surface area contributed by atoms with Crippen LogP contribution < -0.4 is 10.1 Å². The number of fused-ring (bicyclic) bond motifs is 3. The second-order valence-corrected chi connectivity index (χ2v) is 9.76. The molecule has 1 heterocycles. The Balaban J connectivity index is 1.54. The Labute approximate surface area is 205 Å². The van der Waals surface area contributed by atoms with Gasteiger partial charge in [-0.15, -0.1) is 0 Å². The monoisotopic (exact) mass is 476 g/mol. The first-order valence-corrected chi connectivity index (χ1v) is 12.4. The minimum atomic E-state index is -1.00. The van der Waals surface area contributed by atoms with Gasteiger partial charge in [-0.25, -0.2) is 0 Å². The number of aliphatic hydroxyl groups is 2. The molecule has 2 aromatic rings. The van der Waals surface area contributed by atoms with Gasteiger partial charge in [0.05, 0.1) is 18.6 Å². The normalized spacial score (nSPS) is 24.9. The number of amides is 2. The van der Waals surface area contributed by atoms with E-state index in [1.807, 2.05) is 55.5 Å². The lowest BCUT2D eigenvalue weighted by Gasteiger charge is -2.42. The fourth-order valence-electron chi connectivity index (χ4n) is 5.30. The Morgan fingerprint density at radius 3 is 2.54 bits per heavy atom. The van der Waals surface area contributed by atoms with Crippen LogP contribution in [0.25, 0.3) is 0 Å². The highest BCUT2D eigenvalue weighted by Crippen LogP contribution is 2.47. The summed E-state index contributed by atoms with van der Waals surface area (Å²) < 4.78 is 6.18. The van der Waals surface area contributed by atoms with Crippen molar-refractivity contribution in [2.75, 3.05) is 13.2 Å². The lowest BCUT2D eigenvalue weighted by atomic mass is 9.76. The molecule has 3 N–H and O–H groups in total. The number of carbonyl (C=O) groups is 2. The molecule has 1 aliphatic heterocycles. The number of aliphatic hydroxyl groups excluding tert-OH is 2. The molecule has 7 nitrogen and oxygen atoms in total. The van der Waals surface area contributed by atoms with Crippen LogP contribution in [-0.4, -0.2) is 58.3 Å². The number of ether oxygens (including phenoxy) is 1. The van der Waals surface area contributed by atoms with E-state index in [2.05, 4.69) is 5.32 Å². The zero-order chi connectivity index (χ0) is 24.5. The van der Waals surface area contributed by atoms with Crippen LogP contribution in [-0.2, 0) is 16.1 Å². The molecule has 0 aromatic heterocycles. The number of carbonyl (C=O) groups excluding carboxylic acids is 2. The van der Waals surface area contributed by atoms with Crippen molar-refractivity contribution in [3.05, 3.63) is 76.9 Å². The number of aryl methyl sites for hydroxylation is 1. The van der Waals surface area contributed by atoms with E-state index in [4.69, 9.17) is 4.74 Å². The molecule has 5 rings (SSSR count). The Kier molecular flexibility index (Phi) is 6.62. The molecule has 0 unspecified atom stereocenters. The van der Waals surface area contributed by atoms with Gasteiger partial charge in [0.25, 0.3) is 0 Å². The van der Waals surface area contributed by atoms with Gasteiger partial charge in [0, 0.05) is 30.1 Å². The molecule has 2 aromatic carbocycles. The van der Waals surface area contributed by atoms with Crippen molar-refractivity contribution in [2.24, 2.45) is 5.92 Å². The van der Waals surface area contributed by atoms with Crippen LogP contribution in [0.4, 0.5) is 0 Å². The molecule has 35 heavy (non-hydrogen) atoms. The minimum Gasteiger partial charge on any atom is -0.486 e. The molecule has 1 saturated carbocycles. The van der Waals surface area contributed by atoms with Crippen molar-refractivity contribution >= 4 is 11.8 Å². The van der Waals surface area contributed by atoms with Crippen molar-refractivity contribution in [2.45, 2.75) is 56.9 Å². The summed E-state index contributed by atoms with van der Waals surface area (Å²) in [5.41, 5.74) is 3.40. The highest BCUT2D eigenvalue weighted by molar-refractivity contribution is 5.96. The first-order valence-electron chi connectivity index (χ1n) is 12.4. The maximum absolute atomic E-state index is 13.6. The van der Waals surface area contributed by atoms with Crippen LogP contribution in [0.1, 0.15) is 41.9 Å². The van der Waals surface area contributed by atoms with Crippen molar-refractivity contribution in [1.82, 2.24) is 10.2 Å². The van der Waals surface area contributed by atoms with Crippen molar-refractivity contribution < 1.29 is 24.5 Å². The average molecular weight is 477 g/mol. The summed E-state index contributed by atoms with van der Waals surface area (Å²) in [5.74, 6) is -0.194. The van der Waals surface area contributed by atoms with Crippen LogP contribution in [0.5, 0.6) is 5.75 Å². The number of hydrogen-bond donors (Lipinski definition) is 3. The Morgan fingerprint density at radius 2 is 1.86 bits per heavy atom. The third-order valence-corrected chi connectivity index (χ3v) is 7.45. The number of para-hydroxylation sites is 1. The predicted octanol–water partition coefficient (Wildman–Crippen LogP) is 2.45. The zero-order valence-corrected chi connectivity index (χ0v) is 19.9. The fraction of sp³-hybridized carbons (Fsp3) is 0.429. The summed E-state index contributed by atoms with van der Waals surface area (Å²) >= 11 is 0. The molecule has 3 aliphatic rings. The van der Waals surface area contributed by atoms with Crippen LogP contribution in [0.15, 0.2) is 60.2 Å². The van der Waals surface area contributed by atoms with Crippen molar-refractivity contribution in [1.29, 1.82) is 0 Å². The lowest BCUT2D eigenvalue weighted by Crippen LogP contribution is -2.56. The van der Waals surface area contributed by atoms with Gasteiger partial charge in [-0.05, 0) is 37.5 Å². The highest BCUT2D eigenvalue weighted by Gasteiger charge is 2.51. The fourth-order valence-corrected chi connectivity index (χ4v) is 5.30. The maximum atomic E-state index is 13.6. The molecule has 4 atom stereocenters. The minimum absolute atomic E-state index is 0.00111. The third-order valence-electron chi connectivity index (χ3n) is 7.45. The van der Waals surface area contributed by atoms with Crippen LogP contribution >= 0.6 is 0 Å². The first-order chi connectivity index (χ1) is 17.0. The summed E-state index contributed by atoms with van der Waals surface area (Å²) in [4.78, 5) is 28.6. The summed E-state index contributed by atoms with van der Waals surface area (Å²) in [6.07, 6.45) is 2.76. The average Bonchev–Trinajstić information content (AvgIpc) is 3.22. The van der Waals surface area contributed by atoms with Crippen LogP contribution in [0.3, 0.4) is 0 Å². The molecule has 2 aliphatic carbocycles. The van der Waals surface area contributed by atoms with E-state index in [1.54, 1.807) is 11.0 Å². The molecular formula is C28H32N2O5. The molecular weight excluding hydrogens is 444 g/mol. The van der Waals surface area contributed by atoms with E-state index in [1.165, 1.54) is 0 Å². The van der Waals surface area contributed by atoms with Gasteiger partial charge in [-0.3, -0.25) is 9.59 Å². The number of benzene rings is 2. The van der Waals surface area contributed by atoms with Crippen LogP contribution in [0, 0.1) is 12.8 Å². The van der Waals surface area contributed by atoms with Crippen molar-refractivity contribution in [3.8, 4) is 5.75 Å². The summed E-state index contributed by atoms with van der Waals surface area (Å²) in [6, 6.07) is 14.8. The molecule has 2 amide bonds. The van der Waals surface area contributed by atoms with Gasteiger partial charge in [-0.1, -0.05) is 54.4 Å². The molecule has 0 radical (unpaired) electrons. The lowest BCUT2D eigenvalue weighted by molar-refractivity contribution is -0.144. The quantitative estimate of drug-likeness (QED) is 0.570. The topological polar surface area (TPSA) is 99.1 Å². The number of nitrogens with zero attached hydrogens (tertiary/aromatic N) is 1. The molecule has 0 spiro atoms. The SMILES string of the molecule is Cc1ccc(CN(C(=O)C2CCC2)[C@@H]2C=C(C(=O)NCCO)[C@@H]3c4ccccc4O[C@@H]3[C@H]2O)cc1. The van der Waals surface area contributed by atoms with Gasteiger partial charge in [0.15, 0.2) is 0 Å². The Hall–Kier alpha value is -3.16. The smallest absolute Gasteiger partial charge is 0.247 e. The Bertz CT molecular complexity index is 1120. The largest absolute Gasteiger partial charge is 0.486 e. The molecule has 0 bridgehead atoms. The highest BCUT2D eigenvalue weighted by atomic mass is 16.5. The standard InChI is InChI=1S/C28H32N2O5/c1-17-9-11-18(12-10-17)16-30(28(34)19-5-4-6-19)22-15-21(27(33)29-13-14-31)24-20-7-2-3-8-23(20)35-26(24)25(22)32/h2-3,7-12,15,19,22,24-26,31-32H,4-6,13-14,16H2,1H3,(H,29,33)/t22-,24+,25+,26+/m1/s1. The number of nitrogens with one attached hydrogen (secondary N) is 1. The van der Waals surface area contributed by atoms with Gasteiger partial charge >= 0.3 is 0 Å². The van der Waals surface area contributed by atoms with Gasteiger partial charge < -0.3 is 25.2 Å². The van der Waals surface area contributed by atoms with E-state index in [9.17, 15) is 19.8 Å². The molecule has 184 valence electrons. The molecule has 7 heteroatoms. The van der Waals surface area contributed by atoms with E-state index in [0.717, 1.165) is 36.0 Å². The summed E-state index contributed by atoms with van der Waals surface area (Å²) in [5, 5.41) is 23.6. The van der Waals surface area contributed by atoms with Gasteiger partial charge in [-0.2, -0.15) is 0 Å². The first kappa shape index (κ1) is 23.6. The predicted molar refractivity (Wildman–Crippen MR) is 131 cm³/mol. The van der Waals surface area contributed by atoms with E-state index < -0.39 is 24.2 Å². The molecule has 0 saturated heterocycles. The Morgan fingerprint density at radius 1 is 1.11 bits per heavy atom. The summed E-state index contributed by atoms with van der Waals surface area (Å²) in [7, 11) is 0. The van der Waals surface area contributed by atoms with Gasteiger partial charge in [0.2, 0.25) is 11.8 Å². The maximum Gasteiger partial charge on any atom is 0.247 e. The number of hydrogen-bond acceptors (Lipinski definition) is 5. The van der Waals surface area contributed by atoms with Gasteiger partial charge in [0.1, 0.15) is 18.0 Å². The molecule has 1 fully saturated rings. The van der Waals surface area contributed by atoms with E-state index in [-0.39, 0.29) is 30.9 Å². The summed E-state index contributed by atoms with van der Waals surface area (Å²) in [6.45, 7) is 2.30. The second kappa shape index (κ2) is 9.84. The zero-order valence-electron chi connectivity index (χ0n) is 19.9. The van der Waals surface area contributed by atoms with E-state index in [0.29, 0.717) is 17.9 Å². The van der Waals surface area contributed by atoms with Crippen LogP contribution in [0.2, 0.25) is 0 Å².